The fraction of sp³-hybridized carbons (Fsp3) is 0.316. The summed E-state index contributed by atoms with van der Waals surface area (Å²) in [5, 5.41) is 12.4. The highest BCUT2D eigenvalue weighted by atomic mass is 35.5. The van der Waals surface area contributed by atoms with Gasteiger partial charge in [0.05, 0.1) is 11.1 Å². The smallest absolute Gasteiger partial charge is 0.418 e. The van der Waals surface area contributed by atoms with Gasteiger partial charge in [-0.3, -0.25) is 4.79 Å². The maximum atomic E-state index is 13.6. The quantitative estimate of drug-likeness (QED) is 0.796. The average molecular weight is 414 g/mol. The number of hydrogen-bond donors (Lipinski definition) is 2. The number of piperazine rings is 1. The van der Waals surface area contributed by atoms with Gasteiger partial charge in [0, 0.05) is 42.6 Å². The summed E-state index contributed by atoms with van der Waals surface area (Å²) in [6.45, 7) is 2.32. The molecule has 0 radical (unpaired) electrons. The molecule has 2 aromatic carbocycles. The number of phenols is 1. The molecule has 0 atom stereocenters. The van der Waals surface area contributed by atoms with Gasteiger partial charge in [0.1, 0.15) is 5.75 Å². The Morgan fingerprint density at radius 1 is 1.11 bits per heavy atom. The van der Waals surface area contributed by atoms with Crippen molar-refractivity contribution >= 4 is 28.9 Å². The number of nitrogens with zero attached hydrogens (tertiary/aromatic N) is 2. The number of aromatic hydroxyl groups is 1. The van der Waals surface area contributed by atoms with Crippen LogP contribution in [0.2, 0.25) is 5.02 Å². The SMILES string of the molecule is CN1CCN(c2ccc(NC(=O)c3cc(Cl)ccc3O)cc2C(F)(F)F)CC1. The zero-order valence-electron chi connectivity index (χ0n) is 15.1. The Morgan fingerprint density at radius 2 is 1.79 bits per heavy atom. The van der Waals surface area contributed by atoms with E-state index in [1.807, 2.05) is 7.05 Å². The Kier molecular flexibility index (Phi) is 5.71. The minimum atomic E-state index is -4.57. The van der Waals surface area contributed by atoms with Gasteiger partial charge in [-0.1, -0.05) is 11.6 Å². The van der Waals surface area contributed by atoms with Crippen molar-refractivity contribution in [2.24, 2.45) is 0 Å². The summed E-state index contributed by atoms with van der Waals surface area (Å²) in [5.74, 6) is -1.06. The van der Waals surface area contributed by atoms with Crippen LogP contribution in [0.3, 0.4) is 0 Å². The minimum absolute atomic E-state index is 0.0189. The lowest BCUT2D eigenvalue weighted by Crippen LogP contribution is -2.45. The molecule has 1 amide bonds. The highest BCUT2D eigenvalue weighted by Gasteiger charge is 2.36. The van der Waals surface area contributed by atoms with Crippen LogP contribution in [0.1, 0.15) is 15.9 Å². The van der Waals surface area contributed by atoms with E-state index in [9.17, 15) is 23.1 Å². The Balaban J connectivity index is 1.88. The Morgan fingerprint density at radius 3 is 2.43 bits per heavy atom. The van der Waals surface area contributed by atoms with Crippen LogP contribution in [0.25, 0.3) is 0 Å². The number of phenolic OH excluding ortho intramolecular Hbond substituents is 1. The minimum Gasteiger partial charge on any atom is -0.507 e. The molecule has 0 aromatic heterocycles. The van der Waals surface area contributed by atoms with Crippen molar-refractivity contribution in [1.82, 2.24) is 4.90 Å². The van der Waals surface area contributed by atoms with Crippen LogP contribution in [0.15, 0.2) is 36.4 Å². The van der Waals surface area contributed by atoms with Gasteiger partial charge < -0.3 is 20.2 Å². The van der Waals surface area contributed by atoms with Gasteiger partial charge in [-0.25, -0.2) is 0 Å². The van der Waals surface area contributed by atoms with Crippen LogP contribution in [0.4, 0.5) is 24.5 Å². The molecule has 0 unspecified atom stereocenters. The maximum absolute atomic E-state index is 13.6. The van der Waals surface area contributed by atoms with Crippen molar-refractivity contribution in [1.29, 1.82) is 0 Å². The highest BCUT2D eigenvalue weighted by Crippen LogP contribution is 2.38. The van der Waals surface area contributed by atoms with Crippen LogP contribution >= 0.6 is 11.6 Å². The normalized spacial score (nSPS) is 15.5. The first-order chi connectivity index (χ1) is 13.1. The standard InChI is InChI=1S/C19H19ClF3N3O2/c1-25-6-8-26(9-7-25)16-4-3-13(11-15(16)19(21,22)23)24-18(28)14-10-12(20)2-5-17(14)27/h2-5,10-11,27H,6-9H2,1H3,(H,24,28). The van der Waals surface area contributed by atoms with Gasteiger partial charge in [-0.2, -0.15) is 13.2 Å². The number of amides is 1. The van der Waals surface area contributed by atoms with E-state index in [0.717, 1.165) is 6.07 Å². The number of halogens is 4. The number of rotatable bonds is 3. The van der Waals surface area contributed by atoms with E-state index >= 15 is 0 Å². The van der Waals surface area contributed by atoms with Gasteiger partial charge in [0.15, 0.2) is 0 Å². The summed E-state index contributed by atoms with van der Waals surface area (Å²) < 4.78 is 40.9. The fourth-order valence-corrected chi connectivity index (χ4v) is 3.22. The van der Waals surface area contributed by atoms with Crippen LogP contribution < -0.4 is 10.2 Å². The Bertz CT molecular complexity index is 881. The van der Waals surface area contributed by atoms with Crippen molar-refractivity contribution in [2.45, 2.75) is 6.18 Å². The molecule has 0 bridgehead atoms. The largest absolute Gasteiger partial charge is 0.507 e. The first-order valence-electron chi connectivity index (χ1n) is 8.60. The molecule has 1 aliphatic rings. The third-order valence-electron chi connectivity index (χ3n) is 4.61. The summed E-state index contributed by atoms with van der Waals surface area (Å²) in [4.78, 5) is 16.1. The van der Waals surface area contributed by atoms with Gasteiger partial charge in [0.25, 0.3) is 5.91 Å². The molecule has 5 nitrogen and oxygen atoms in total. The first-order valence-corrected chi connectivity index (χ1v) is 8.97. The van der Waals surface area contributed by atoms with E-state index in [-0.39, 0.29) is 27.7 Å². The van der Waals surface area contributed by atoms with Gasteiger partial charge in [-0.05, 0) is 43.4 Å². The van der Waals surface area contributed by atoms with Crippen molar-refractivity contribution in [3.8, 4) is 5.75 Å². The van der Waals surface area contributed by atoms with Crippen molar-refractivity contribution in [2.75, 3.05) is 43.4 Å². The van der Waals surface area contributed by atoms with E-state index in [4.69, 9.17) is 11.6 Å². The molecule has 0 saturated carbocycles. The number of nitrogens with one attached hydrogen (secondary N) is 1. The molecule has 3 rings (SSSR count). The number of alkyl halides is 3. The molecule has 2 N–H and O–H groups in total. The third kappa shape index (κ3) is 4.51. The van der Waals surface area contributed by atoms with Crippen LogP contribution in [-0.2, 0) is 6.18 Å². The van der Waals surface area contributed by atoms with Crippen LogP contribution in [0, 0.1) is 0 Å². The second kappa shape index (κ2) is 7.89. The first kappa shape index (κ1) is 20.3. The molecule has 1 fully saturated rings. The average Bonchev–Trinajstić information content (AvgIpc) is 2.63. The van der Waals surface area contributed by atoms with Crippen molar-refractivity contribution < 1.29 is 23.1 Å². The number of carbonyl (C=O) groups is 1. The zero-order valence-corrected chi connectivity index (χ0v) is 15.8. The van der Waals surface area contributed by atoms with Crippen LogP contribution in [-0.4, -0.2) is 49.1 Å². The van der Waals surface area contributed by atoms with E-state index in [2.05, 4.69) is 10.2 Å². The number of anilines is 2. The molecule has 0 aliphatic carbocycles. The summed E-state index contributed by atoms with van der Waals surface area (Å²) >= 11 is 5.82. The van der Waals surface area contributed by atoms with E-state index in [0.29, 0.717) is 26.2 Å². The molecule has 150 valence electrons. The van der Waals surface area contributed by atoms with Crippen molar-refractivity contribution in [3.05, 3.63) is 52.5 Å². The lowest BCUT2D eigenvalue weighted by Gasteiger charge is -2.35. The van der Waals surface area contributed by atoms with Gasteiger partial charge in [0.2, 0.25) is 0 Å². The topological polar surface area (TPSA) is 55.8 Å². The summed E-state index contributed by atoms with van der Waals surface area (Å²) in [6, 6.07) is 7.59. The highest BCUT2D eigenvalue weighted by molar-refractivity contribution is 6.31. The molecular weight excluding hydrogens is 395 g/mol. The molecule has 0 spiro atoms. The Hall–Kier alpha value is -2.45. The molecule has 2 aromatic rings. The summed E-state index contributed by atoms with van der Waals surface area (Å²) in [5.41, 5.74) is -0.867. The molecule has 1 saturated heterocycles. The van der Waals surface area contributed by atoms with Gasteiger partial charge in [-0.15, -0.1) is 0 Å². The van der Waals surface area contributed by atoms with E-state index < -0.39 is 17.6 Å². The number of carbonyl (C=O) groups excluding carboxylic acids is 1. The number of benzene rings is 2. The summed E-state index contributed by atoms with van der Waals surface area (Å²) in [7, 11) is 1.92. The maximum Gasteiger partial charge on any atom is 0.418 e. The molecule has 1 aliphatic heterocycles. The summed E-state index contributed by atoms with van der Waals surface area (Å²) in [6.07, 6.45) is -4.57. The number of likely N-dealkylation sites (N-methyl/N-ethyl adjacent to an activating group) is 1. The second-order valence-electron chi connectivity index (χ2n) is 6.64. The number of hydrogen-bond acceptors (Lipinski definition) is 4. The Labute approximate surface area is 165 Å². The fourth-order valence-electron chi connectivity index (χ4n) is 3.05. The molecule has 9 heteroatoms. The van der Waals surface area contributed by atoms with Crippen LogP contribution in [0.5, 0.6) is 5.75 Å². The lowest BCUT2D eigenvalue weighted by molar-refractivity contribution is -0.137. The third-order valence-corrected chi connectivity index (χ3v) is 4.84. The monoisotopic (exact) mass is 413 g/mol. The molecule has 1 heterocycles. The molecular formula is C19H19ClF3N3O2. The van der Waals surface area contributed by atoms with E-state index in [1.165, 1.54) is 30.3 Å². The van der Waals surface area contributed by atoms with Gasteiger partial charge >= 0.3 is 6.18 Å². The zero-order chi connectivity index (χ0) is 20.5. The molecule has 28 heavy (non-hydrogen) atoms. The van der Waals surface area contributed by atoms with Crippen molar-refractivity contribution in [3.63, 3.8) is 0 Å². The predicted molar refractivity (Wildman–Crippen MR) is 102 cm³/mol. The second-order valence-corrected chi connectivity index (χ2v) is 7.07. The lowest BCUT2D eigenvalue weighted by atomic mass is 10.1. The van der Waals surface area contributed by atoms with E-state index in [1.54, 1.807) is 4.90 Å². The predicted octanol–water partition coefficient (Wildman–Crippen LogP) is 4.07.